The van der Waals surface area contributed by atoms with E-state index in [-0.39, 0.29) is 6.04 Å². The molecule has 1 atom stereocenters. The number of benzene rings is 2. The number of carbonyl (C=O) groups is 1. The summed E-state index contributed by atoms with van der Waals surface area (Å²) in [5.41, 5.74) is 3.05. The van der Waals surface area contributed by atoms with Crippen molar-refractivity contribution in [1.29, 1.82) is 0 Å². The van der Waals surface area contributed by atoms with E-state index in [4.69, 9.17) is 4.98 Å². The summed E-state index contributed by atoms with van der Waals surface area (Å²) in [6, 6.07) is 20.2. The molecule has 1 heterocycles. The van der Waals surface area contributed by atoms with Crippen LogP contribution in [-0.2, 0) is 4.79 Å². The van der Waals surface area contributed by atoms with Crippen molar-refractivity contribution in [2.75, 3.05) is 0 Å². The smallest absolute Gasteiger partial charge is 0.155 e. The van der Waals surface area contributed by atoms with Crippen molar-refractivity contribution in [2.24, 2.45) is 0 Å². The number of aromatic nitrogens is 2. The summed E-state index contributed by atoms with van der Waals surface area (Å²) in [6.07, 6.45) is 4.59. The summed E-state index contributed by atoms with van der Waals surface area (Å²) in [7, 11) is 0. The number of rotatable bonds is 3. The number of Topliss-reactive ketones (excluding diaryl/α,β-unsaturated/α-hetero) is 1. The Morgan fingerprint density at radius 3 is 2.17 bits per heavy atom. The van der Waals surface area contributed by atoms with Crippen LogP contribution in [0.4, 0.5) is 0 Å². The molecule has 0 aliphatic heterocycles. The molecule has 1 aliphatic carbocycles. The first-order valence-corrected chi connectivity index (χ1v) is 8.05. The highest BCUT2D eigenvalue weighted by molar-refractivity contribution is 5.85. The Hall–Kier alpha value is -2.68. The maximum atomic E-state index is 12.3. The van der Waals surface area contributed by atoms with Crippen LogP contribution in [0.1, 0.15) is 25.3 Å². The van der Waals surface area contributed by atoms with Crippen molar-refractivity contribution in [3.05, 3.63) is 66.9 Å². The van der Waals surface area contributed by atoms with Gasteiger partial charge in [-0.3, -0.25) is 4.79 Å². The lowest BCUT2D eigenvalue weighted by molar-refractivity contribution is -0.120. The average molecular weight is 302 g/mol. The highest BCUT2D eigenvalue weighted by Crippen LogP contribution is 2.33. The van der Waals surface area contributed by atoms with Gasteiger partial charge in [-0.05, 0) is 12.8 Å². The third-order valence-corrected chi connectivity index (χ3v) is 4.44. The summed E-state index contributed by atoms with van der Waals surface area (Å²) >= 11 is 0. The van der Waals surface area contributed by atoms with Gasteiger partial charge in [-0.15, -0.1) is 0 Å². The first kappa shape index (κ1) is 13.9. The minimum absolute atomic E-state index is 0.0739. The molecule has 4 rings (SSSR count). The van der Waals surface area contributed by atoms with Crippen LogP contribution >= 0.6 is 0 Å². The van der Waals surface area contributed by atoms with Crippen LogP contribution < -0.4 is 0 Å². The van der Waals surface area contributed by atoms with Crippen LogP contribution in [0.25, 0.3) is 22.6 Å². The van der Waals surface area contributed by atoms with E-state index in [1.54, 1.807) is 0 Å². The maximum Gasteiger partial charge on any atom is 0.155 e. The van der Waals surface area contributed by atoms with Crippen LogP contribution in [0.3, 0.4) is 0 Å². The van der Waals surface area contributed by atoms with E-state index < -0.39 is 0 Å². The summed E-state index contributed by atoms with van der Waals surface area (Å²) in [5, 5.41) is 0. The molecule has 1 aliphatic rings. The summed E-state index contributed by atoms with van der Waals surface area (Å²) in [5.74, 6) is 1.20. The average Bonchev–Trinajstić information content (AvgIpc) is 3.22. The number of carbonyl (C=O) groups excluding carboxylic acids is 1. The summed E-state index contributed by atoms with van der Waals surface area (Å²) < 4.78 is 2.08. The second kappa shape index (κ2) is 5.84. The van der Waals surface area contributed by atoms with Crippen LogP contribution in [0.5, 0.6) is 0 Å². The molecule has 3 nitrogen and oxygen atoms in total. The second-order valence-electron chi connectivity index (χ2n) is 5.96. The molecule has 3 aromatic rings. The molecule has 0 amide bonds. The zero-order valence-corrected chi connectivity index (χ0v) is 12.9. The molecule has 0 radical (unpaired) electrons. The van der Waals surface area contributed by atoms with Gasteiger partial charge in [0.1, 0.15) is 5.82 Å². The van der Waals surface area contributed by atoms with E-state index in [2.05, 4.69) is 16.7 Å². The molecule has 1 saturated carbocycles. The Balaban J connectivity index is 1.86. The van der Waals surface area contributed by atoms with Crippen LogP contribution in [-0.4, -0.2) is 15.3 Å². The Kier molecular flexibility index (Phi) is 3.54. The number of ketones is 1. The number of hydrogen-bond donors (Lipinski definition) is 0. The molecular formula is C20H18N2O. The van der Waals surface area contributed by atoms with Crippen molar-refractivity contribution in [3.8, 4) is 22.6 Å². The first-order valence-electron chi connectivity index (χ1n) is 8.05. The van der Waals surface area contributed by atoms with Crippen molar-refractivity contribution >= 4 is 5.78 Å². The van der Waals surface area contributed by atoms with Gasteiger partial charge in [0.25, 0.3) is 0 Å². The molecule has 0 N–H and O–H groups in total. The van der Waals surface area contributed by atoms with Gasteiger partial charge in [0.15, 0.2) is 5.78 Å². The monoisotopic (exact) mass is 302 g/mol. The van der Waals surface area contributed by atoms with E-state index in [9.17, 15) is 4.79 Å². The lowest BCUT2D eigenvalue weighted by Crippen LogP contribution is -2.13. The topological polar surface area (TPSA) is 34.9 Å². The number of nitrogens with zero attached hydrogens (tertiary/aromatic N) is 2. The standard InChI is InChI=1S/C20H18N2O/c23-19-13-7-12-18(19)22-14-17(15-8-3-1-4-9-15)21-20(22)16-10-5-2-6-11-16/h1-6,8-11,14,18H,7,12-13H2. The van der Waals surface area contributed by atoms with Gasteiger partial charge < -0.3 is 4.57 Å². The molecule has 114 valence electrons. The Morgan fingerprint density at radius 2 is 1.57 bits per heavy atom. The highest BCUT2D eigenvalue weighted by atomic mass is 16.1. The largest absolute Gasteiger partial charge is 0.320 e. The number of imidazole rings is 1. The Labute approximate surface area is 135 Å². The van der Waals surface area contributed by atoms with Gasteiger partial charge in [-0.2, -0.15) is 0 Å². The zero-order chi connectivity index (χ0) is 15.6. The predicted octanol–water partition coefficient (Wildman–Crippen LogP) is 4.51. The van der Waals surface area contributed by atoms with Crippen molar-refractivity contribution in [2.45, 2.75) is 25.3 Å². The highest BCUT2D eigenvalue weighted by Gasteiger charge is 2.28. The molecular weight excluding hydrogens is 284 g/mol. The third kappa shape index (κ3) is 2.59. The van der Waals surface area contributed by atoms with Gasteiger partial charge in [0.05, 0.1) is 11.7 Å². The van der Waals surface area contributed by atoms with E-state index in [1.165, 1.54) is 0 Å². The van der Waals surface area contributed by atoms with Crippen molar-refractivity contribution < 1.29 is 4.79 Å². The van der Waals surface area contributed by atoms with Crippen LogP contribution in [0.2, 0.25) is 0 Å². The number of hydrogen-bond acceptors (Lipinski definition) is 2. The van der Waals surface area contributed by atoms with E-state index in [1.807, 2.05) is 54.7 Å². The zero-order valence-electron chi connectivity index (χ0n) is 12.9. The van der Waals surface area contributed by atoms with Gasteiger partial charge >= 0.3 is 0 Å². The quantitative estimate of drug-likeness (QED) is 0.713. The fourth-order valence-electron chi connectivity index (χ4n) is 3.27. The molecule has 23 heavy (non-hydrogen) atoms. The van der Waals surface area contributed by atoms with E-state index in [0.717, 1.165) is 35.5 Å². The van der Waals surface area contributed by atoms with E-state index >= 15 is 0 Å². The molecule has 0 spiro atoms. The normalized spacial score (nSPS) is 17.6. The predicted molar refractivity (Wildman–Crippen MR) is 91.0 cm³/mol. The molecule has 1 unspecified atom stereocenters. The minimum Gasteiger partial charge on any atom is -0.320 e. The van der Waals surface area contributed by atoms with Gasteiger partial charge in [-0.1, -0.05) is 60.7 Å². The minimum atomic E-state index is -0.0739. The Morgan fingerprint density at radius 1 is 0.913 bits per heavy atom. The van der Waals surface area contributed by atoms with Gasteiger partial charge in [0.2, 0.25) is 0 Å². The molecule has 2 aromatic carbocycles. The lowest BCUT2D eigenvalue weighted by Gasteiger charge is -2.13. The van der Waals surface area contributed by atoms with Crippen molar-refractivity contribution in [1.82, 2.24) is 9.55 Å². The summed E-state index contributed by atoms with van der Waals surface area (Å²) in [4.78, 5) is 17.1. The molecule has 3 heteroatoms. The van der Waals surface area contributed by atoms with Crippen LogP contribution in [0.15, 0.2) is 66.9 Å². The molecule has 1 aromatic heterocycles. The lowest BCUT2D eigenvalue weighted by atomic mass is 10.2. The van der Waals surface area contributed by atoms with Gasteiger partial charge in [-0.25, -0.2) is 4.98 Å². The first-order chi connectivity index (χ1) is 11.3. The van der Waals surface area contributed by atoms with Crippen LogP contribution in [0, 0.1) is 0 Å². The third-order valence-electron chi connectivity index (χ3n) is 4.44. The fraction of sp³-hybridized carbons (Fsp3) is 0.200. The Bertz CT molecular complexity index is 821. The van der Waals surface area contributed by atoms with E-state index in [0.29, 0.717) is 12.2 Å². The molecule has 0 bridgehead atoms. The SMILES string of the molecule is O=C1CCCC1n1cc(-c2ccccc2)nc1-c1ccccc1. The fourth-order valence-corrected chi connectivity index (χ4v) is 3.27. The maximum absolute atomic E-state index is 12.3. The second-order valence-corrected chi connectivity index (χ2v) is 5.96. The summed E-state index contributed by atoms with van der Waals surface area (Å²) in [6.45, 7) is 0. The molecule has 1 fully saturated rings. The van der Waals surface area contributed by atoms with Crippen molar-refractivity contribution in [3.63, 3.8) is 0 Å². The van der Waals surface area contributed by atoms with Gasteiger partial charge in [0, 0.05) is 23.7 Å². The molecule has 0 saturated heterocycles.